The Morgan fingerprint density at radius 1 is 1.40 bits per heavy atom. The average molecular weight is 209 g/mol. The van der Waals surface area contributed by atoms with Crippen molar-refractivity contribution in [1.29, 1.82) is 0 Å². The number of aliphatic hydroxyl groups excluding tert-OH is 1. The molecule has 2 N–H and O–H groups in total. The molecule has 0 spiro atoms. The Labute approximate surface area is 90.8 Å². The lowest BCUT2D eigenvalue weighted by Gasteiger charge is -2.21. The van der Waals surface area contributed by atoms with Gasteiger partial charge in [-0.3, -0.25) is 0 Å². The highest BCUT2D eigenvalue weighted by molar-refractivity contribution is 5.01. The molecule has 4 heteroatoms. The molecule has 0 saturated heterocycles. The number of hydrogen-bond acceptors (Lipinski definition) is 4. The van der Waals surface area contributed by atoms with Gasteiger partial charge in [0.25, 0.3) is 0 Å². The van der Waals surface area contributed by atoms with Gasteiger partial charge in [-0.25, -0.2) is 9.97 Å². The zero-order valence-electron chi connectivity index (χ0n) is 9.35. The van der Waals surface area contributed by atoms with Crippen LogP contribution in [0.1, 0.15) is 25.8 Å². The van der Waals surface area contributed by atoms with E-state index in [1.165, 1.54) is 6.33 Å². The van der Waals surface area contributed by atoms with E-state index in [-0.39, 0.29) is 12.6 Å². The summed E-state index contributed by atoms with van der Waals surface area (Å²) in [7, 11) is 0. The Balaban J connectivity index is 2.41. The molecular weight excluding hydrogens is 190 g/mol. The van der Waals surface area contributed by atoms with Crippen LogP contribution < -0.4 is 5.32 Å². The van der Waals surface area contributed by atoms with Crippen LogP contribution >= 0.6 is 0 Å². The van der Waals surface area contributed by atoms with E-state index in [1.54, 1.807) is 12.4 Å². The number of rotatable bonds is 6. The first-order chi connectivity index (χ1) is 7.27. The Morgan fingerprint density at radius 3 is 2.60 bits per heavy atom. The van der Waals surface area contributed by atoms with Crippen LogP contribution in [0.4, 0.5) is 0 Å². The molecule has 0 fully saturated rings. The smallest absolute Gasteiger partial charge is 0.115 e. The summed E-state index contributed by atoms with van der Waals surface area (Å²) in [6, 6.07) is 0.148. The van der Waals surface area contributed by atoms with Gasteiger partial charge in [0.1, 0.15) is 6.33 Å². The number of aliphatic hydroxyl groups is 1. The van der Waals surface area contributed by atoms with Crippen LogP contribution in [0, 0.1) is 5.92 Å². The van der Waals surface area contributed by atoms with E-state index in [9.17, 15) is 5.11 Å². The van der Waals surface area contributed by atoms with Gasteiger partial charge in [-0.2, -0.15) is 0 Å². The molecule has 0 saturated carbocycles. The minimum Gasteiger partial charge on any atom is -0.395 e. The Bertz CT molecular complexity index is 266. The van der Waals surface area contributed by atoms with E-state index in [1.807, 2.05) is 0 Å². The third kappa shape index (κ3) is 3.93. The van der Waals surface area contributed by atoms with Gasteiger partial charge in [0.2, 0.25) is 0 Å². The SMILES string of the molecule is CCC(C)C(CO)NCc1cncnc1. The van der Waals surface area contributed by atoms with Gasteiger partial charge in [0, 0.05) is 30.5 Å². The van der Waals surface area contributed by atoms with Crippen molar-refractivity contribution in [2.45, 2.75) is 32.9 Å². The number of hydrogen-bond donors (Lipinski definition) is 2. The second kappa shape index (κ2) is 6.48. The quantitative estimate of drug-likeness (QED) is 0.733. The van der Waals surface area contributed by atoms with Crippen molar-refractivity contribution >= 4 is 0 Å². The molecule has 1 heterocycles. The molecule has 1 rings (SSSR count). The van der Waals surface area contributed by atoms with Crippen LogP contribution in [0.25, 0.3) is 0 Å². The van der Waals surface area contributed by atoms with Crippen molar-refractivity contribution in [2.24, 2.45) is 5.92 Å². The molecule has 0 aliphatic rings. The summed E-state index contributed by atoms with van der Waals surface area (Å²) < 4.78 is 0. The molecule has 0 aromatic carbocycles. The monoisotopic (exact) mass is 209 g/mol. The van der Waals surface area contributed by atoms with E-state index in [0.717, 1.165) is 12.0 Å². The largest absolute Gasteiger partial charge is 0.395 e. The van der Waals surface area contributed by atoms with E-state index < -0.39 is 0 Å². The molecule has 1 aromatic heterocycles. The lowest BCUT2D eigenvalue weighted by atomic mass is 10.00. The molecule has 0 amide bonds. The predicted molar refractivity (Wildman–Crippen MR) is 59.2 cm³/mol. The first-order valence-corrected chi connectivity index (χ1v) is 5.36. The Kier molecular flexibility index (Phi) is 5.21. The average Bonchev–Trinajstić information content (AvgIpc) is 2.31. The van der Waals surface area contributed by atoms with Gasteiger partial charge < -0.3 is 10.4 Å². The molecule has 84 valence electrons. The summed E-state index contributed by atoms with van der Waals surface area (Å²) in [5.74, 6) is 0.472. The van der Waals surface area contributed by atoms with Gasteiger partial charge in [0.15, 0.2) is 0 Å². The van der Waals surface area contributed by atoms with Crippen LogP contribution in [-0.4, -0.2) is 27.7 Å². The molecule has 15 heavy (non-hydrogen) atoms. The van der Waals surface area contributed by atoms with Crippen LogP contribution in [0.2, 0.25) is 0 Å². The molecule has 0 aliphatic heterocycles. The summed E-state index contributed by atoms with van der Waals surface area (Å²) in [6.45, 7) is 5.13. The van der Waals surface area contributed by atoms with Crippen LogP contribution in [0.5, 0.6) is 0 Å². The summed E-state index contributed by atoms with van der Waals surface area (Å²) >= 11 is 0. The summed E-state index contributed by atoms with van der Waals surface area (Å²) in [6.07, 6.45) is 6.14. The molecule has 0 bridgehead atoms. The van der Waals surface area contributed by atoms with E-state index in [4.69, 9.17) is 0 Å². The molecule has 4 nitrogen and oxygen atoms in total. The third-order valence-corrected chi connectivity index (χ3v) is 2.71. The molecule has 2 atom stereocenters. The first-order valence-electron chi connectivity index (χ1n) is 5.36. The van der Waals surface area contributed by atoms with Crippen molar-refractivity contribution in [3.63, 3.8) is 0 Å². The van der Waals surface area contributed by atoms with Crippen LogP contribution in [0.15, 0.2) is 18.7 Å². The fourth-order valence-corrected chi connectivity index (χ4v) is 1.40. The summed E-state index contributed by atoms with van der Waals surface area (Å²) in [5, 5.41) is 12.5. The minimum atomic E-state index is 0.148. The van der Waals surface area contributed by atoms with E-state index in [2.05, 4.69) is 29.1 Å². The fourth-order valence-electron chi connectivity index (χ4n) is 1.40. The highest BCUT2D eigenvalue weighted by Crippen LogP contribution is 2.07. The highest BCUT2D eigenvalue weighted by atomic mass is 16.3. The standard InChI is InChI=1S/C11H19N3O/c1-3-9(2)11(7-15)14-6-10-4-12-8-13-5-10/h4-5,8-9,11,14-15H,3,6-7H2,1-2H3. The molecule has 0 aliphatic carbocycles. The lowest BCUT2D eigenvalue weighted by Crippen LogP contribution is -2.37. The van der Waals surface area contributed by atoms with Crippen molar-refractivity contribution in [3.05, 3.63) is 24.3 Å². The fraction of sp³-hybridized carbons (Fsp3) is 0.636. The normalized spacial score (nSPS) is 14.9. The van der Waals surface area contributed by atoms with Gasteiger partial charge in [0.05, 0.1) is 6.61 Å². The van der Waals surface area contributed by atoms with E-state index >= 15 is 0 Å². The van der Waals surface area contributed by atoms with Crippen LogP contribution in [0.3, 0.4) is 0 Å². The summed E-state index contributed by atoms with van der Waals surface area (Å²) in [5.41, 5.74) is 1.04. The number of aromatic nitrogens is 2. The van der Waals surface area contributed by atoms with Crippen molar-refractivity contribution < 1.29 is 5.11 Å². The maximum atomic E-state index is 9.21. The number of nitrogens with one attached hydrogen (secondary N) is 1. The highest BCUT2D eigenvalue weighted by Gasteiger charge is 2.13. The minimum absolute atomic E-state index is 0.148. The third-order valence-electron chi connectivity index (χ3n) is 2.71. The van der Waals surface area contributed by atoms with Gasteiger partial charge in [-0.1, -0.05) is 20.3 Å². The van der Waals surface area contributed by atoms with Gasteiger partial charge in [-0.05, 0) is 5.92 Å². The summed E-state index contributed by atoms with van der Waals surface area (Å²) in [4.78, 5) is 7.88. The van der Waals surface area contributed by atoms with Crippen LogP contribution in [-0.2, 0) is 6.54 Å². The van der Waals surface area contributed by atoms with Crippen molar-refractivity contribution in [3.8, 4) is 0 Å². The zero-order chi connectivity index (χ0) is 11.1. The maximum Gasteiger partial charge on any atom is 0.115 e. The van der Waals surface area contributed by atoms with E-state index in [0.29, 0.717) is 12.5 Å². The topological polar surface area (TPSA) is 58.0 Å². The van der Waals surface area contributed by atoms with Gasteiger partial charge in [-0.15, -0.1) is 0 Å². The predicted octanol–water partition coefficient (Wildman–Crippen LogP) is 0.973. The first kappa shape index (κ1) is 12.1. The van der Waals surface area contributed by atoms with Crippen molar-refractivity contribution in [1.82, 2.24) is 15.3 Å². The Hall–Kier alpha value is -1.00. The van der Waals surface area contributed by atoms with Gasteiger partial charge >= 0.3 is 0 Å². The second-order valence-electron chi connectivity index (χ2n) is 3.80. The molecule has 0 radical (unpaired) electrons. The maximum absolute atomic E-state index is 9.21. The zero-order valence-corrected chi connectivity index (χ0v) is 9.35. The molecule has 1 aromatic rings. The second-order valence-corrected chi connectivity index (χ2v) is 3.80. The number of nitrogens with zero attached hydrogens (tertiary/aromatic N) is 2. The van der Waals surface area contributed by atoms with Crippen molar-refractivity contribution in [2.75, 3.05) is 6.61 Å². The Morgan fingerprint density at radius 2 is 2.07 bits per heavy atom. The lowest BCUT2D eigenvalue weighted by molar-refractivity contribution is 0.201. The molecule has 2 unspecified atom stereocenters. The molecular formula is C11H19N3O.